The van der Waals surface area contributed by atoms with Gasteiger partial charge >= 0.3 is 5.97 Å². The molecule has 2 rings (SSSR count). The van der Waals surface area contributed by atoms with Crippen LogP contribution in [0.1, 0.15) is 31.2 Å². The normalized spacial score (nSPS) is 12.0. The Hall–Kier alpha value is -1.74. The molecule has 0 aliphatic rings. The summed E-state index contributed by atoms with van der Waals surface area (Å²) in [4.78, 5) is 12.2. The molecule has 0 aromatic heterocycles. The monoisotopic (exact) mass is 314 g/mol. The first-order valence-electron chi connectivity index (χ1n) is 7.71. The van der Waals surface area contributed by atoms with Gasteiger partial charge in [-0.05, 0) is 37.0 Å². The molecule has 116 valence electrons. The van der Waals surface area contributed by atoms with Gasteiger partial charge in [0.1, 0.15) is 0 Å². The van der Waals surface area contributed by atoms with Crippen molar-refractivity contribution in [1.82, 2.24) is 0 Å². The first-order chi connectivity index (χ1) is 10.7. The van der Waals surface area contributed by atoms with E-state index in [-0.39, 0.29) is 11.7 Å². The van der Waals surface area contributed by atoms with Gasteiger partial charge in [-0.3, -0.25) is 4.79 Å². The van der Waals surface area contributed by atoms with Crippen LogP contribution in [-0.2, 0) is 11.2 Å². The number of benzene rings is 2. The third-order valence-electron chi connectivity index (χ3n) is 3.53. The van der Waals surface area contributed by atoms with E-state index in [1.807, 2.05) is 36.4 Å². The number of thioether (sulfide) groups is 1. The smallest absolute Gasteiger partial charge is 0.304 e. The summed E-state index contributed by atoms with van der Waals surface area (Å²) in [5, 5.41) is 9.23. The predicted molar refractivity (Wildman–Crippen MR) is 92.3 cm³/mol. The minimum absolute atomic E-state index is 0.149. The van der Waals surface area contributed by atoms with E-state index >= 15 is 0 Å². The largest absolute Gasteiger partial charge is 0.481 e. The second-order valence-electron chi connectivity index (χ2n) is 5.38. The molecule has 0 saturated carbocycles. The summed E-state index contributed by atoms with van der Waals surface area (Å²) in [7, 11) is 0. The zero-order valence-corrected chi connectivity index (χ0v) is 13.5. The molecule has 0 bridgehead atoms. The van der Waals surface area contributed by atoms with Gasteiger partial charge in [0.05, 0.1) is 6.42 Å². The SMILES string of the molecule is O=C(O)CC(CCCCc1ccccc1)Sc1ccccc1. The van der Waals surface area contributed by atoms with Crippen molar-refractivity contribution in [2.75, 3.05) is 0 Å². The van der Waals surface area contributed by atoms with Crippen LogP contribution in [0.2, 0.25) is 0 Å². The van der Waals surface area contributed by atoms with Gasteiger partial charge in [-0.1, -0.05) is 55.0 Å². The highest BCUT2D eigenvalue weighted by molar-refractivity contribution is 8.00. The molecular formula is C19H22O2S. The third kappa shape index (κ3) is 6.35. The minimum atomic E-state index is -0.712. The Morgan fingerprint density at radius 2 is 1.59 bits per heavy atom. The zero-order chi connectivity index (χ0) is 15.6. The van der Waals surface area contributed by atoms with E-state index in [2.05, 4.69) is 24.3 Å². The second kappa shape index (κ2) is 9.31. The highest BCUT2D eigenvalue weighted by Gasteiger charge is 2.14. The molecule has 2 aromatic rings. The number of aliphatic carboxylic acids is 1. The fourth-order valence-corrected chi connectivity index (χ4v) is 3.64. The van der Waals surface area contributed by atoms with Gasteiger partial charge in [-0.25, -0.2) is 0 Å². The molecule has 0 spiro atoms. The molecule has 0 saturated heterocycles. The third-order valence-corrected chi connectivity index (χ3v) is 4.81. The fourth-order valence-electron chi connectivity index (χ4n) is 2.43. The zero-order valence-electron chi connectivity index (χ0n) is 12.7. The van der Waals surface area contributed by atoms with Crippen molar-refractivity contribution in [3.63, 3.8) is 0 Å². The van der Waals surface area contributed by atoms with Crippen molar-refractivity contribution in [3.05, 3.63) is 66.2 Å². The highest BCUT2D eigenvalue weighted by atomic mass is 32.2. The van der Waals surface area contributed by atoms with Crippen molar-refractivity contribution < 1.29 is 9.90 Å². The molecule has 0 radical (unpaired) electrons. The fraction of sp³-hybridized carbons (Fsp3) is 0.316. The van der Waals surface area contributed by atoms with Gasteiger partial charge in [0.2, 0.25) is 0 Å². The summed E-state index contributed by atoms with van der Waals surface area (Å²) in [6.45, 7) is 0. The van der Waals surface area contributed by atoms with E-state index in [1.165, 1.54) is 5.56 Å². The minimum Gasteiger partial charge on any atom is -0.481 e. The lowest BCUT2D eigenvalue weighted by molar-refractivity contribution is -0.137. The van der Waals surface area contributed by atoms with Crippen LogP contribution in [0, 0.1) is 0 Å². The topological polar surface area (TPSA) is 37.3 Å². The summed E-state index contributed by atoms with van der Waals surface area (Å²) in [5.41, 5.74) is 1.35. The van der Waals surface area contributed by atoms with Gasteiger partial charge in [0, 0.05) is 10.1 Å². The molecule has 3 heteroatoms. The average molecular weight is 314 g/mol. The molecular weight excluding hydrogens is 292 g/mol. The van der Waals surface area contributed by atoms with Crippen LogP contribution in [-0.4, -0.2) is 16.3 Å². The molecule has 0 amide bonds. The summed E-state index contributed by atoms with van der Waals surface area (Å²) in [6.07, 6.45) is 4.41. The quantitative estimate of drug-likeness (QED) is 0.521. The Kier molecular flexibility index (Phi) is 7.04. The maximum absolute atomic E-state index is 11.0. The standard InChI is InChI=1S/C19H22O2S/c20-19(21)15-18(22-17-12-5-2-6-13-17)14-8-7-11-16-9-3-1-4-10-16/h1-6,9-10,12-13,18H,7-8,11,14-15H2,(H,20,21). The summed E-state index contributed by atoms with van der Waals surface area (Å²) < 4.78 is 0. The van der Waals surface area contributed by atoms with E-state index in [0.29, 0.717) is 0 Å². The lowest BCUT2D eigenvalue weighted by atomic mass is 10.1. The van der Waals surface area contributed by atoms with E-state index < -0.39 is 5.97 Å². The van der Waals surface area contributed by atoms with Gasteiger partial charge in [-0.15, -0.1) is 11.8 Å². The first kappa shape index (κ1) is 16.6. The van der Waals surface area contributed by atoms with Crippen LogP contribution < -0.4 is 0 Å². The van der Waals surface area contributed by atoms with Gasteiger partial charge in [0.25, 0.3) is 0 Å². The van der Waals surface area contributed by atoms with Crippen LogP contribution >= 0.6 is 11.8 Å². The molecule has 1 atom stereocenters. The number of hydrogen-bond acceptors (Lipinski definition) is 2. The van der Waals surface area contributed by atoms with Crippen LogP contribution in [0.25, 0.3) is 0 Å². The molecule has 0 aliphatic carbocycles. The number of aryl methyl sites for hydroxylation is 1. The Morgan fingerprint density at radius 3 is 2.23 bits per heavy atom. The summed E-state index contributed by atoms with van der Waals surface area (Å²) in [6, 6.07) is 20.5. The highest BCUT2D eigenvalue weighted by Crippen LogP contribution is 2.29. The lowest BCUT2D eigenvalue weighted by Crippen LogP contribution is -2.10. The Balaban J connectivity index is 1.78. The van der Waals surface area contributed by atoms with Gasteiger partial charge < -0.3 is 5.11 Å². The van der Waals surface area contributed by atoms with E-state index in [1.54, 1.807) is 11.8 Å². The second-order valence-corrected chi connectivity index (χ2v) is 6.76. The van der Waals surface area contributed by atoms with Crippen molar-refractivity contribution in [2.24, 2.45) is 0 Å². The molecule has 1 N–H and O–H groups in total. The Morgan fingerprint density at radius 1 is 0.955 bits per heavy atom. The van der Waals surface area contributed by atoms with E-state index in [9.17, 15) is 4.79 Å². The van der Waals surface area contributed by atoms with Crippen molar-refractivity contribution in [1.29, 1.82) is 0 Å². The maximum atomic E-state index is 11.0. The molecule has 0 fully saturated rings. The number of carboxylic acid groups (broad SMARTS) is 1. The summed E-state index contributed by atoms with van der Waals surface area (Å²) >= 11 is 1.68. The number of hydrogen-bond donors (Lipinski definition) is 1. The van der Waals surface area contributed by atoms with E-state index in [4.69, 9.17) is 5.11 Å². The molecule has 2 nitrogen and oxygen atoms in total. The summed E-state index contributed by atoms with van der Waals surface area (Å²) in [5.74, 6) is -0.712. The number of rotatable bonds is 9. The molecule has 1 unspecified atom stereocenters. The molecule has 2 aromatic carbocycles. The first-order valence-corrected chi connectivity index (χ1v) is 8.59. The number of carbonyl (C=O) groups is 1. The maximum Gasteiger partial charge on any atom is 0.304 e. The Labute approximate surface area is 136 Å². The lowest BCUT2D eigenvalue weighted by Gasteiger charge is -2.14. The Bertz CT molecular complexity index is 554. The van der Waals surface area contributed by atoms with Crippen LogP contribution in [0.4, 0.5) is 0 Å². The van der Waals surface area contributed by atoms with Gasteiger partial charge in [-0.2, -0.15) is 0 Å². The van der Waals surface area contributed by atoms with Crippen LogP contribution in [0.5, 0.6) is 0 Å². The van der Waals surface area contributed by atoms with Crippen LogP contribution in [0.15, 0.2) is 65.6 Å². The van der Waals surface area contributed by atoms with Crippen molar-refractivity contribution in [3.8, 4) is 0 Å². The van der Waals surface area contributed by atoms with Crippen molar-refractivity contribution in [2.45, 2.75) is 42.2 Å². The number of unbranched alkanes of at least 4 members (excludes halogenated alkanes) is 1. The molecule has 0 heterocycles. The number of carboxylic acids is 1. The van der Waals surface area contributed by atoms with E-state index in [0.717, 1.165) is 30.6 Å². The van der Waals surface area contributed by atoms with Crippen LogP contribution in [0.3, 0.4) is 0 Å². The van der Waals surface area contributed by atoms with Gasteiger partial charge in [0.15, 0.2) is 0 Å². The predicted octanol–water partition coefficient (Wildman–Crippen LogP) is 5.04. The molecule has 0 aliphatic heterocycles. The molecule has 22 heavy (non-hydrogen) atoms. The van der Waals surface area contributed by atoms with Crippen molar-refractivity contribution >= 4 is 17.7 Å². The average Bonchev–Trinajstić information content (AvgIpc) is 2.53.